The van der Waals surface area contributed by atoms with Crippen molar-refractivity contribution in [3.8, 4) is 0 Å². The summed E-state index contributed by atoms with van der Waals surface area (Å²) in [5.41, 5.74) is 12.2. The molecular formula is C23H29N3O. The molecule has 0 spiro atoms. The highest BCUT2D eigenvalue weighted by Crippen LogP contribution is 2.32. The Labute approximate surface area is 162 Å². The van der Waals surface area contributed by atoms with E-state index in [1.165, 1.54) is 5.56 Å². The van der Waals surface area contributed by atoms with Crippen molar-refractivity contribution in [3.05, 3.63) is 71.3 Å². The molecule has 0 aliphatic carbocycles. The Bertz CT molecular complexity index is 831. The number of nitrogens with two attached hydrogens (primary N) is 1. The van der Waals surface area contributed by atoms with Crippen LogP contribution in [0, 0.1) is 6.92 Å². The fourth-order valence-electron chi connectivity index (χ4n) is 3.64. The van der Waals surface area contributed by atoms with Gasteiger partial charge in [-0.15, -0.1) is 0 Å². The van der Waals surface area contributed by atoms with Gasteiger partial charge in [0.15, 0.2) is 0 Å². The van der Waals surface area contributed by atoms with Gasteiger partial charge in [-0.05, 0) is 60.6 Å². The van der Waals surface area contributed by atoms with Gasteiger partial charge in [0.05, 0.1) is 0 Å². The molecule has 1 aliphatic rings. The molecular weight excluding hydrogens is 334 g/mol. The number of nitrogens with zero attached hydrogens (tertiary/aromatic N) is 2. The molecule has 2 aromatic rings. The molecule has 27 heavy (non-hydrogen) atoms. The predicted molar refractivity (Wildman–Crippen MR) is 113 cm³/mol. The Hall–Kier alpha value is -2.75. The monoisotopic (exact) mass is 363 g/mol. The first-order valence-corrected chi connectivity index (χ1v) is 9.49. The van der Waals surface area contributed by atoms with E-state index < -0.39 is 0 Å². The maximum Gasteiger partial charge on any atom is 0.253 e. The van der Waals surface area contributed by atoms with Crippen molar-refractivity contribution in [3.63, 3.8) is 0 Å². The summed E-state index contributed by atoms with van der Waals surface area (Å²) in [6, 6.07) is 14.3. The lowest BCUT2D eigenvalue weighted by Gasteiger charge is -2.35. The van der Waals surface area contributed by atoms with E-state index in [1.807, 2.05) is 25.1 Å². The minimum atomic E-state index is 0.0463. The highest BCUT2D eigenvalue weighted by Gasteiger charge is 2.22. The molecule has 1 fully saturated rings. The molecule has 3 rings (SSSR count). The Morgan fingerprint density at radius 1 is 1.07 bits per heavy atom. The zero-order valence-corrected chi connectivity index (χ0v) is 16.5. The molecule has 4 nitrogen and oxygen atoms in total. The van der Waals surface area contributed by atoms with Crippen molar-refractivity contribution in [1.29, 1.82) is 0 Å². The highest BCUT2D eigenvalue weighted by atomic mass is 16.2. The number of hydrogen-bond donors (Lipinski definition) is 1. The van der Waals surface area contributed by atoms with E-state index in [0.29, 0.717) is 5.92 Å². The van der Waals surface area contributed by atoms with E-state index in [-0.39, 0.29) is 5.91 Å². The number of anilines is 1. The van der Waals surface area contributed by atoms with Crippen LogP contribution < -0.4 is 5.73 Å². The van der Waals surface area contributed by atoms with Gasteiger partial charge >= 0.3 is 0 Å². The number of likely N-dealkylation sites (tertiary alicyclic amines) is 1. The van der Waals surface area contributed by atoms with Crippen LogP contribution in [0.4, 0.5) is 5.69 Å². The van der Waals surface area contributed by atoms with Crippen LogP contribution in [0.25, 0.3) is 5.70 Å². The standard InChI is InChI=1S/C23H29N3O/c1-16-5-6-21(15-22(16)24)17(2)26-13-11-19(12-14-26)18-7-9-20(10-8-18)23(27)25(3)4/h5-10,15,19H,2,11-14,24H2,1,3-4H3. The van der Waals surface area contributed by atoms with Gasteiger partial charge in [-0.3, -0.25) is 4.79 Å². The summed E-state index contributed by atoms with van der Waals surface area (Å²) in [6.07, 6.45) is 2.17. The normalized spacial score (nSPS) is 14.9. The number of nitrogen functional groups attached to an aromatic ring is 1. The molecule has 0 aromatic heterocycles. The lowest BCUT2D eigenvalue weighted by atomic mass is 9.88. The molecule has 1 heterocycles. The number of benzene rings is 2. The summed E-state index contributed by atoms with van der Waals surface area (Å²) in [5, 5.41) is 0. The third-order valence-electron chi connectivity index (χ3n) is 5.52. The topological polar surface area (TPSA) is 49.6 Å². The summed E-state index contributed by atoms with van der Waals surface area (Å²) >= 11 is 0. The first-order valence-electron chi connectivity index (χ1n) is 9.49. The van der Waals surface area contributed by atoms with Crippen molar-refractivity contribution < 1.29 is 4.79 Å². The first-order chi connectivity index (χ1) is 12.9. The molecule has 0 unspecified atom stereocenters. The van der Waals surface area contributed by atoms with Gasteiger partial charge in [0.1, 0.15) is 0 Å². The van der Waals surface area contributed by atoms with Crippen molar-refractivity contribution >= 4 is 17.3 Å². The van der Waals surface area contributed by atoms with E-state index in [0.717, 1.165) is 54.0 Å². The van der Waals surface area contributed by atoms with Crippen molar-refractivity contribution in [2.75, 3.05) is 32.9 Å². The Balaban J connectivity index is 1.62. The molecule has 0 bridgehead atoms. The number of carbonyl (C=O) groups is 1. The molecule has 1 aliphatic heterocycles. The van der Waals surface area contributed by atoms with Gasteiger partial charge in [-0.25, -0.2) is 0 Å². The summed E-state index contributed by atoms with van der Waals surface area (Å²) < 4.78 is 0. The van der Waals surface area contributed by atoms with Crippen LogP contribution in [0.15, 0.2) is 49.0 Å². The largest absolute Gasteiger partial charge is 0.398 e. The van der Waals surface area contributed by atoms with Crippen LogP contribution in [0.5, 0.6) is 0 Å². The Kier molecular flexibility index (Phi) is 5.54. The maximum atomic E-state index is 12.0. The highest BCUT2D eigenvalue weighted by molar-refractivity contribution is 5.93. The number of aryl methyl sites for hydroxylation is 1. The maximum absolute atomic E-state index is 12.0. The number of rotatable bonds is 4. The van der Waals surface area contributed by atoms with Crippen molar-refractivity contribution in [2.45, 2.75) is 25.7 Å². The average Bonchev–Trinajstić information content (AvgIpc) is 2.69. The van der Waals surface area contributed by atoms with Gasteiger partial charge in [-0.1, -0.05) is 30.8 Å². The van der Waals surface area contributed by atoms with Gasteiger partial charge in [0, 0.05) is 44.1 Å². The lowest BCUT2D eigenvalue weighted by Crippen LogP contribution is -2.31. The summed E-state index contributed by atoms with van der Waals surface area (Å²) in [6.45, 7) is 8.28. The minimum absolute atomic E-state index is 0.0463. The van der Waals surface area contributed by atoms with Crippen LogP contribution in [0.2, 0.25) is 0 Å². The smallest absolute Gasteiger partial charge is 0.253 e. The summed E-state index contributed by atoms with van der Waals surface area (Å²) in [7, 11) is 3.56. The number of hydrogen-bond acceptors (Lipinski definition) is 3. The lowest BCUT2D eigenvalue weighted by molar-refractivity contribution is 0.0827. The van der Waals surface area contributed by atoms with Gasteiger partial charge in [0.2, 0.25) is 0 Å². The van der Waals surface area contributed by atoms with Gasteiger partial charge in [-0.2, -0.15) is 0 Å². The second-order valence-electron chi connectivity index (χ2n) is 7.60. The van der Waals surface area contributed by atoms with E-state index in [1.54, 1.807) is 19.0 Å². The van der Waals surface area contributed by atoms with E-state index in [2.05, 4.69) is 35.7 Å². The fourth-order valence-corrected chi connectivity index (χ4v) is 3.64. The van der Waals surface area contributed by atoms with Crippen LogP contribution in [0.1, 0.15) is 45.8 Å². The predicted octanol–water partition coefficient (Wildman–Crippen LogP) is 4.13. The molecule has 4 heteroatoms. The second-order valence-corrected chi connectivity index (χ2v) is 7.60. The van der Waals surface area contributed by atoms with Crippen LogP contribution in [0.3, 0.4) is 0 Å². The average molecular weight is 364 g/mol. The molecule has 1 amide bonds. The molecule has 2 aromatic carbocycles. The van der Waals surface area contributed by atoms with Crippen molar-refractivity contribution in [2.24, 2.45) is 0 Å². The molecule has 1 saturated heterocycles. The Morgan fingerprint density at radius 2 is 1.67 bits per heavy atom. The fraction of sp³-hybridized carbons (Fsp3) is 0.348. The van der Waals surface area contributed by atoms with E-state index >= 15 is 0 Å². The third kappa shape index (κ3) is 4.16. The second kappa shape index (κ2) is 7.87. The molecule has 142 valence electrons. The summed E-state index contributed by atoms with van der Waals surface area (Å²) in [4.78, 5) is 16.0. The van der Waals surface area contributed by atoms with E-state index in [9.17, 15) is 4.79 Å². The van der Waals surface area contributed by atoms with Gasteiger partial charge < -0.3 is 15.5 Å². The van der Waals surface area contributed by atoms with E-state index in [4.69, 9.17) is 5.73 Å². The first kappa shape index (κ1) is 19.0. The summed E-state index contributed by atoms with van der Waals surface area (Å²) in [5.74, 6) is 0.575. The molecule has 0 radical (unpaired) electrons. The molecule has 0 atom stereocenters. The molecule has 2 N–H and O–H groups in total. The molecule has 0 saturated carbocycles. The van der Waals surface area contributed by atoms with Crippen LogP contribution >= 0.6 is 0 Å². The van der Waals surface area contributed by atoms with Crippen molar-refractivity contribution in [1.82, 2.24) is 9.80 Å². The third-order valence-corrected chi connectivity index (χ3v) is 5.52. The SMILES string of the molecule is C=C(c1ccc(C)c(N)c1)N1CCC(c2ccc(C(=O)N(C)C)cc2)CC1. The van der Waals surface area contributed by atoms with Crippen LogP contribution in [-0.2, 0) is 0 Å². The number of amides is 1. The zero-order valence-electron chi connectivity index (χ0n) is 16.5. The zero-order chi connectivity index (χ0) is 19.6. The van der Waals surface area contributed by atoms with Gasteiger partial charge in [0.25, 0.3) is 5.91 Å². The number of carbonyl (C=O) groups excluding carboxylic acids is 1. The number of piperidine rings is 1. The minimum Gasteiger partial charge on any atom is -0.398 e. The Morgan fingerprint density at radius 3 is 2.22 bits per heavy atom. The quantitative estimate of drug-likeness (QED) is 0.831. The van der Waals surface area contributed by atoms with Crippen LogP contribution in [-0.4, -0.2) is 42.9 Å².